The Morgan fingerprint density at radius 2 is 1.02 bits per heavy atom. The van der Waals surface area contributed by atoms with Crippen molar-refractivity contribution in [2.24, 2.45) is 0 Å². The molecule has 9 aromatic rings. The first kappa shape index (κ1) is 27.7. The molecule has 1 aliphatic heterocycles. The summed E-state index contributed by atoms with van der Waals surface area (Å²) in [6, 6.07) is 55.0. The van der Waals surface area contributed by atoms with Crippen LogP contribution in [0.3, 0.4) is 0 Å². The van der Waals surface area contributed by atoms with E-state index < -0.39 is 0 Å². The van der Waals surface area contributed by atoms with Crippen LogP contribution in [0.4, 0.5) is 0 Å². The lowest BCUT2D eigenvalue weighted by Crippen LogP contribution is -1.94. The van der Waals surface area contributed by atoms with Crippen LogP contribution in [-0.4, -0.2) is 9.97 Å². The highest BCUT2D eigenvalue weighted by atomic mass is 32.2. The first-order valence-corrected chi connectivity index (χ1v) is 17.7. The summed E-state index contributed by atoms with van der Waals surface area (Å²) in [4.78, 5) is 14.8. The van der Waals surface area contributed by atoms with E-state index in [9.17, 15) is 0 Å². The minimum absolute atomic E-state index is 0.895. The maximum Gasteiger partial charge on any atom is 0.0894 e. The van der Waals surface area contributed by atoms with Crippen LogP contribution >= 0.6 is 23.5 Å². The van der Waals surface area contributed by atoms with Crippen LogP contribution in [0.5, 0.6) is 0 Å². The first-order chi connectivity index (χ1) is 23.8. The van der Waals surface area contributed by atoms with Crippen LogP contribution in [-0.2, 0) is 0 Å². The highest BCUT2D eigenvalue weighted by molar-refractivity contribution is 8.05. The zero-order chi connectivity index (χ0) is 31.6. The summed E-state index contributed by atoms with van der Waals surface area (Å²) in [5.41, 5.74) is 8.59. The minimum Gasteiger partial charge on any atom is -0.255 e. The fraction of sp³-hybridized carbons (Fsp3) is 0. The molecule has 10 rings (SSSR count). The maximum absolute atomic E-state index is 5.09. The molecule has 0 bridgehead atoms. The first-order valence-electron chi connectivity index (χ1n) is 16.1. The van der Waals surface area contributed by atoms with Crippen molar-refractivity contribution >= 4 is 66.9 Å². The minimum atomic E-state index is 0.895. The summed E-state index contributed by atoms with van der Waals surface area (Å²) in [5.74, 6) is 0. The van der Waals surface area contributed by atoms with Crippen molar-refractivity contribution < 1.29 is 0 Å². The topological polar surface area (TPSA) is 25.8 Å². The Bertz CT molecular complexity index is 2720. The van der Waals surface area contributed by atoms with E-state index in [1.165, 1.54) is 74.2 Å². The van der Waals surface area contributed by atoms with Crippen LogP contribution < -0.4 is 0 Å². The zero-order valence-electron chi connectivity index (χ0n) is 25.7. The molecule has 0 amide bonds. The van der Waals surface area contributed by atoms with Crippen LogP contribution in [0.2, 0.25) is 0 Å². The van der Waals surface area contributed by atoms with Gasteiger partial charge in [-0.1, -0.05) is 108 Å². The van der Waals surface area contributed by atoms with Crippen molar-refractivity contribution in [2.45, 2.75) is 19.6 Å². The van der Waals surface area contributed by atoms with Crippen molar-refractivity contribution in [3.63, 3.8) is 0 Å². The van der Waals surface area contributed by atoms with Gasteiger partial charge in [-0.15, -0.1) is 0 Å². The van der Waals surface area contributed by atoms with Gasteiger partial charge in [0, 0.05) is 31.3 Å². The van der Waals surface area contributed by atoms with E-state index in [1.54, 1.807) is 0 Å². The van der Waals surface area contributed by atoms with Crippen molar-refractivity contribution in [1.82, 2.24) is 9.97 Å². The quantitative estimate of drug-likeness (QED) is 0.178. The summed E-state index contributed by atoms with van der Waals surface area (Å²) in [6.45, 7) is 0. The lowest BCUT2D eigenvalue weighted by Gasteiger charge is -2.21. The molecular weight excluding hydrogens is 621 g/mol. The third-order valence-electron chi connectivity index (χ3n) is 9.33. The zero-order valence-corrected chi connectivity index (χ0v) is 27.4. The molecule has 0 spiro atoms. The van der Waals surface area contributed by atoms with Crippen LogP contribution in [0.15, 0.2) is 177 Å². The Labute approximate surface area is 286 Å². The standard InChI is InChI=1S/C44H26N2S2/c1-2-11-34-32(9-1)33-10-3-4-12-35(33)37-26-27(18-19-36(34)37)28-23-29(25-30(24-28)38-20-21-39-40(46-38)14-8-22-45-39)31-13-7-17-43-44(31)48-42-16-6-5-15-41(42)47-43/h1-26H. The third-order valence-corrected chi connectivity index (χ3v) is 11.9. The number of rotatable bonds is 3. The van der Waals surface area contributed by atoms with Crippen molar-refractivity contribution in [2.75, 3.05) is 0 Å². The van der Waals surface area contributed by atoms with Crippen LogP contribution in [0.25, 0.3) is 76.9 Å². The largest absolute Gasteiger partial charge is 0.255 e. The average Bonchev–Trinajstić information content (AvgIpc) is 3.16. The van der Waals surface area contributed by atoms with Crippen LogP contribution in [0.1, 0.15) is 0 Å². The molecule has 0 saturated carbocycles. The predicted octanol–water partition coefficient (Wildman–Crippen LogP) is 12.7. The number of hydrogen-bond donors (Lipinski definition) is 0. The Morgan fingerprint density at radius 1 is 0.375 bits per heavy atom. The van der Waals surface area contributed by atoms with Gasteiger partial charge in [0.25, 0.3) is 0 Å². The van der Waals surface area contributed by atoms with Gasteiger partial charge in [-0.25, -0.2) is 4.98 Å². The summed E-state index contributed by atoms with van der Waals surface area (Å²) in [5, 5.41) is 7.68. The Hall–Kier alpha value is -5.42. The van der Waals surface area contributed by atoms with Gasteiger partial charge in [-0.05, 0) is 121 Å². The lowest BCUT2D eigenvalue weighted by atomic mass is 9.90. The van der Waals surface area contributed by atoms with E-state index in [0.29, 0.717) is 0 Å². The molecule has 224 valence electrons. The van der Waals surface area contributed by atoms with Gasteiger partial charge in [0.15, 0.2) is 0 Å². The van der Waals surface area contributed by atoms with Crippen molar-refractivity contribution in [3.05, 3.63) is 158 Å². The molecule has 0 aliphatic carbocycles. The van der Waals surface area contributed by atoms with Gasteiger partial charge in [0.05, 0.1) is 16.7 Å². The molecule has 2 aromatic heterocycles. The number of benzene rings is 7. The fourth-order valence-corrected chi connectivity index (χ4v) is 9.48. The molecule has 0 radical (unpaired) electrons. The number of hydrogen-bond acceptors (Lipinski definition) is 4. The molecule has 0 atom stereocenters. The molecule has 0 fully saturated rings. The highest BCUT2D eigenvalue weighted by Gasteiger charge is 2.21. The smallest absolute Gasteiger partial charge is 0.0894 e. The SMILES string of the molecule is c1ccc2c(c1)Sc1cccc(-c3cc(-c4ccc5c6ccccc6c6ccccc6c5c4)cc(-c4ccc5ncccc5n4)c3)c1S2. The van der Waals surface area contributed by atoms with Gasteiger partial charge in [-0.2, -0.15) is 0 Å². The number of pyridine rings is 2. The molecule has 2 nitrogen and oxygen atoms in total. The van der Waals surface area contributed by atoms with E-state index >= 15 is 0 Å². The Morgan fingerprint density at radius 3 is 1.81 bits per heavy atom. The van der Waals surface area contributed by atoms with Gasteiger partial charge in [0.2, 0.25) is 0 Å². The number of fused-ring (bicyclic) bond motifs is 9. The average molecular weight is 647 g/mol. The molecular formula is C44H26N2S2. The molecule has 0 unspecified atom stereocenters. The van der Waals surface area contributed by atoms with Crippen LogP contribution in [0, 0.1) is 0 Å². The summed E-state index contributed by atoms with van der Waals surface area (Å²) >= 11 is 3.73. The molecule has 0 N–H and O–H groups in total. The molecule has 3 heterocycles. The molecule has 0 saturated heterocycles. The van der Waals surface area contributed by atoms with Gasteiger partial charge in [-0.3, -0.25) is 4.98 Å². The third kappa shape index (κ3) is 4.52. The summed E-state index contributed by atoms with van der Waals surface area (Å²) < 4.78 is 0. The second kappa shape index (κ2) is 11.1. The van der Waals surface area contributed by atoms with Gasteiger partial charge in [0.1, 0.15) is 0 Å². The van der Waals surface area contributed by atoms with Gasteiger partial charge < -0.3 is 0 Å². The lowest BCUT2D eigenvalue weighted by molar-refractivity contribution is 1.16. The van der Waals surface area contributed by atoms with Crippen molar-refractivity contribution in [3.8, 4) is 33.5 Å². The monoisotopic (exact) mass is 646 g/mol. The van der Waals surface area contributed by atoms with E-state index in [1.807, 2.05) is 41.9 Å². The molecule has 4 heteroatoms. The second-order valence-electron chi connectivity index (χ2n) is 12.2. The second-order valence-corrected chi connectivity index (χ2v) is 14.3. The molecule has 48 heavy (non-hydrogen) atoms. The molecule has 7 aromatic carbocycles. The normalized spacial score (nSPS) is 12.4. The predicted molar refractivity (Wildman–Crippen MR) is 203 cm³/mol. The molecule has 1 aliphatic rings. The van der Waals surface area contributed by atoms with Gasteiger partial charge >= 0.3 is 0 Å². The van der Waals surface area contributed by atoms with E-state index in [4.69, 9.17) is 4.98 Å². The summed E-state index contributed by atoms with van der Waals surface area (Å²) in [6.07, 6.45) is 1.82. The highest BCUT2D eigenvalue weighted by Crippen LogP contribution is 2.52. The summed E-state index contributed by atoms with van der Waals surface area (Å²) in [7, 11) is 0. The Kier molecular flexibility index (Phi) is 6.39. The fourth-order valence-electron chi connectivity index (χ4n) is 7.08. The van der Waals surface area contributed by atoms with E-state index in [0.717, 1.165) is 22.3 Å². The maximum atomic E-state index is 5.09. The van der Waals surface area contributed by atoms with Crippen molar-refractivity contribution in [1.29, 1.82) is 0 Å². The number of aromatic nitrogens is 2. The van der Waals surface area contributed by atoms with E-state index in [2.05, 4.69) is 145 Å². The Balaban J connectivity index is 1.21. The number of nitrogens with zero attached hydrogens (tertiary/aromatic N) is 2. The van der Waals surface area contributed by atoms with E-state index in [-0.39, 0.29) is 0 Å².